The Morgan fingerprint density at radius 2 is 2.08 bits per heavy atom. The molecular weight excluding hydrogens is 170 g/mol. The highest BCUT2D eigenvalue weighted by molar-refractivity contribution is 4.91. The van der Waals surface area contributed by atoms with Gasteiger partial charge in [0.05, 0.1) is 12.2 Å². The molecule has 78 valence electrons. The van der Waals surface area contributed by atoms with Crippen molar-refractivity contribution < 1.29 is 15.3 Å². The van der Waals surface area contributed by atoms with Crippen LogP contribution in [0.3, 0.4) is 0 Å². The zero-order valence-corrected chi connectivity index (χ0v) is 7.98. The molecule has 1 rings (SSSR count). The van der Waals surface area contributed by atoms with Crippen molar-refractivity contribution in [2.45, 2.75) is 38.0 Å². The van der Waals surface area contributed by atoms with Crippen LogP contribution in [0.15, 0.2) is 0 Å². The highest BCUT2D eigenvalue weighted by Crippen LogP contribution is 2.20. The van der Waals surface area contributed by atoms with E-state index in [0.717, 1.165) is 12.8 Å². The number of hydrogen-bond donors (Lipinski definition) is 4. The van der Waals surface area contributed by atoms with Crippen LogP contribution >= 0.6 is 0 Å². The van der Waals surface area contributed by atoms with Crippen molar-refractivity contribution in [2.24, 2.45) is 5.92 Å². The van der Waals surface area contributed by atoms with E-state index in [-0.39, 0.29) is 18.6 Å². The summed E-state index contributed by atoms with van der Waals surface area (Å²) in [7, 11) is 0. The van der Waals surface area contributed by atoms with E-state index in [1.165, 1.54) is 0 Å². The Hall–Kier alpha value is -0.160. The molecule has 4 atom stereocenters. The van der Waals surface area contributed by atoms with Crippen LogP contribution in [0.25, 0.3) is 0 Å². The first-order valence-electron chi connectivity index (χ1n) is 4.91. The standard InChI is InChI=1S/C9H19NO3/c1-2-3-7-6(5-11)9(13)8(12)4-10-7/h6-13H,2-5H2,1H3/t6-,7-,8+,9-/m0/s1. The fourth-order valence-electron chi connectivity index (χ4n) is 1.93. The third-order valence-corrected chi connectivity index (χ3v) is 2.75. The number of β-amino-alcohol motifs (C(OH)–C–C–N with tert-alkyl or cyclic N) is 1. The fraction of sp³-hybridized carbons (Fsp3) is 1.00. The highest BCUT2D eigenvalue weighted by Gasteiger charge is 2.36. The van der Waals surface area contributed by atoms with Crippen molar-refractivity contribution in [3.05, 3.63) is 0 Å². The van der Waals surface area contributed by atoms with Crippen LogP contribution < -0.4 is 5.32 Å². The SMILES string of the molecule is CCC[C@@H]1NC[C@@H](O)[C@@H](O)[C@H]1CO. The molecule has 0 unspecified atom stereocenters. The maximum Gasteiger partial charge on any atom is 0.0927 e. The molecule has 0 aromatic rings. The summed E-state index contributed by atoms with van der Waals surface area (Å²) in [6, 6.07) is 0.133. The maximum absolute atomic E-state index is 9.58. The minimum absolute atomic E-state index is 0.0735. The average molecular weight is 189 g/mol. The van der Waals surface area contributed by atoms with Crippen molar-refractivity contribution in [1.29, 1.82) is 0 Å². The van der Waals surface area contributed by atoms with Gasteiger partial charge in [0, 0.05) is 25.1 Å². The number of aliphatic hydroxyl groups excluding tert-OH is 3. The number of hydrogen-bond acceptors (Lipinski definition) is 4. The molecule has 0 aliphatic carbocycles. The van der Waals surface area contributed by atoms with Gasteiger partial charge in [0.1, 0.15) is 0 Å². The predicted octanol–water partition coefficient (Wildman–Crippen LogP) is -0.911. The van der Waals surface area contributed by atoms with Crippen molar-refractivity contribution in [1.82, 2.24) is 5.32 Å². The Kier molecular flexibility index (Phi) is 4.12. The fourth-order valence-corrected chi connectivity index (χ4v) is 1.93. The molecule has 4 heteroatoms. The van der Waals surface area contributed by atoms with Gasteiger partial charge in [-0.25, -0.2) is 0 Å². The molecule has 13 heavy (non-hydrogen) atoms. The van der Waals surface area contributed by atoms with Gasteiger partial charge in [0.2, 0.25) is 0 Å². The maximum atomic E-state index is 9.58. The van der Waals surface area contributed by atoms with Gasteiger partial charge < -0.3 is 20.6 Å². The van der Waals surface area contributed by atoms with Crippen LogP contribution in [0.2, 0.25) is 0 Å². The summed E-state index contributed by atoms with van der Waals surface area (Å²) >= 11 is 0. The van der Waals surface area contributed by atoms with Gasteiger partial charge in [-0.05, 0) is 6.42 Å². The van der Waals surface area contributed by atoms with Gasteiger partial charge in [-0.1, -0.05) is 13.3 Å². The topological polar surface area (TPSA) is 72.7 Å². The summed E-state index contributed by atoms with van der Waals surface area (Å²) in [6.45, 7) is 2.41. The zero-order valence-electron chi connectivity index (χ0n) is 7.98. The quantitative estimate of drug-likeness (QED) is 0.464. The molecule has 0 aromatic heterocycles. The minimum Gasteiger partial charge on any atom is -0.396 e. The van der Waals surface area contributed by atoms with E-state index < -0.39 is 12.2 Å². The Balaban J connectivity index is 2.55. The van der Waals surface area contributed by atoms with Crippen LogP contribution in [0.5, 0.6) is 0 Å². The van der Waals surface area contributed by atoms with Gasteiger partial charge in [-0.15, -0.1) is 0 Å². The van der Waals surface area contributed by atoms with E-state index >= 15 is 0 Å². The van der Waals surface area contributed by atoms with Crippen LogP contribution in [-0.4, -0.2) is 46.7 Å². The van der Waals surface area contributed by atoms with Gasteiger partial charge in [-0.2, -0.15) is 0 Å². The largest absolute Gasteiger partial charge is 0.396 e. The lowest BCUT2D eigenvalue weighted by Gasteiger charge is -2.38. The van der Waals surface area contributed by atoms with Crippen molar-refractivity contribution in [3.63, 3.8) is 0 Å². The number of nitrogens with one attached hydrogen (secondary N) is 1. The van der Waals surface area contributed by atoms with E-state index in [2.05, 4.69) is 12.2 Å². The third-order valence-electron chi connectivity index (χ3n) is 2.75. The van der Waals surface area contributed by atoms with Crippen LogP contribution in [0, 0.1) is 5.92 Å². The Labute approximate surface area is 78.6 Å². The van der Waals surface area contributed by atoms with E-state index in [1.54, 1.807) is 0 Å². The van der Waals surface area contributed by atoms with Crippen molar-refractivity contribution >= 4 is 0 Å². The second-order valence-electron chi connectivity index (χ2n) is 3.71. The molecule has 0 radical (unpaired) electrons. The van der Waals surface area contributed by atoms with Crippen molar-refractivity contribution in [2.75, 3.05) is 13.2 Å². The molecular formula is C9H19NO3. The molecule has 0 bridgehead atoms. The predicted molar refractivity (Wildman–Crippen MR) is 49.3 cm³/mol. The first-order chi connectivity index (χ1) is 6.20. The Bertz CT molecular complexity index is 154. The summed E-state index contributed by atoms with van der Waals surface area (Å²) in [4.78, 5) is 0. The molecule has 1 fully saturated rings. The van der Waals surface area contributed by atoms with Gasteiger partial charge >= 0.3 is 0 Å². The summed E-state index contributed by atoms with van der Waals surface area (Å²) in [5.41, 5.74) is 0. The lowest BCUT2D eigenvalue weighted by molar-refractivity contribution is -0.0677. The molecule has 1 heterocycles. The first kappa shape index (κ1) is 10.9. The smallest absolute Gasteiger partial charge is 0.0927 e. The molecule has 1 saturated heterocycles. The first-order valence-corrected chi connectivity index (χ1v) is 4.91. The van der Waals surface area contributed by atoms with Gasteiger partial charge in [-0.3, -0.25) is 0 Å². The highest BCUT2D eigenvalue weighted by atomic mass is 16.3. The monoisotopic (exact) mass is 189 g/mol. The second kappa shape index (κ2) is 4.91. The molecule has 0 aromatic carbocycles. The van der Waals surface area contributed by atoms with Gasteiger partial charge in [0.15, 0.2) is 0 Å². The Morgan fingerprint density at radius 3 is 2.62 bits per heavy atom. The number of aliphatic hydroxyl groups is 3. The van der Waals surface area contributed by atoms with Crippen LogP contribution in [-0.2, 0) is 0 Å². The number of rotatable bonds is 3. The van der Waals surface area contributed by atoms with Crippen LogP contribution in [0.4, 0.5) is 0 Å². The molecule has 0 amide bonds. The molecule has 0 spiro atoms. The van der Waals surface area contributed by atoms with Gasteiger partial charge in [0.25, 0.3) is 0 Å². The van der Waals surface area contributed by atoms with Crippen molar-refractivity contribution in [3.8, 4) is 0 Å². The number of piperidine rings is 1. The second-order valence-corrected chi connectivity index (χ2v) is 3.71. The molecule has 1 aliphatic rings. The Morgan fingerprint density at radius 1 is 1.38 bits per heavy atom. The molecule has 1 aliphatic heterocycles. The minimum atomic E-state index is -0.789. The summed E-state index contributed by atoms with van der Waals surface area (Å²) in [5, 5.41) is 31.1. The summed E-state index contributed by atoms with van der Waals surface area (Å²) in [5.74, 6) is -0.233. The summed E-state index contributed by atoms with van der Waals surface area (Å²) < 4.78 is 0. The zero-order chi connectivity index (χ0) is 9.84. The third kappa shape index (κ3) is 2.40. The normalized spacial score (nSPS) is 40.6. The molecule has 4 N–H and O–H groups in total. The lowest BCUT2D eigenvalue weighted by atomic mass is 9.85. The average Bonchev–Trinajstić information content (AvgIpc) is 2.12. The molecule has 0 saturated carbocycles. The van der Waals surface area contributed by atoms with Crippen LogP contribution in [0.1, 0.15) is 19.8 Å². The molecule has 4 nitrogen and oxygen atoms in total. The van der Waals surface area contributed by atoms with E-state index in [9.17, 15) is 10.2 Å². The van der Waals surface area contributed by atoms with E-state index in [4.69, 9.17) is 5.11 Å². The van der Waals surface area contributed by atoms with E-state index in [0.29, 0.717) is 6.54 Å². The lowest BCUT2D eigenvalue weighted by Crippen LogP contribution is -2.57. The summed E-state index contributed by atoms with van der Waals surface area (Å²) in [6.07, 6.45) is 0.402. The van der Waals surface area contributed by atoms with E-state index in [1.807, 2.05) is 0 Å².